The first-order valence-electron chi connectivity index (χ1n) is 12.6. The molecule has 174 valence electrons. The van der Waals surface area contributed by atoms with Gasteiger partial charge >= 0.3 is 0 Å². The summed E-state index contributed by atoms with van der Waals surface area (Å²) in [6.07, 6.45) is 10.7. The molecule has 0 unspecified atom stereocenters. The van der Waals surface area contributed by atoms with Crippen LogP contribution in [0.3, 0.4) is 0 Å². The van der Waals surface area contributed by atoms with Crippen molar-refractivity contribution in [1.82, 2.24) is 10.4 Å². The zero-order valence-corrected chi connectivity index (χ0v) is 19.8. The van der Waals surface area contributed by atoms with E-state index < -0.39 is 5.60 Å². The van der Waals surface area contributed by atoms with Crippen LogP contribution in [0, 0.1) is 34.5 Å². The molecule has 0 aliphatic heterocycles. The van der Waals surface area contributed by atoms with E-state index in [1.54, 1.807) is 0 Å². The van der Waals surface area contributed by atoms with Crippen LogP contribution in [0.5, 0.6) is 0 Å². The summed E-state index contributed by atoms with van der Waals surface area (Å²) < 4.78 is 0. The quantitative estimate of drug-likeness (QED) is 0.432. The molecule has 8 atom stereocenters. The molecule has 4 rings (SSSR count). The monoisotopic (exact) mass is 422 g/mol. The van der Waals surface area contributed by atoms with Gasteiger partial charge in [-0.3, -0.25) is 0 Å². The standard InChI is InChI=1S/C25H46N2O3/c1-23-11-9-20(28)16-18(23)6-7-22-21(23)10-12-24(2)19(8-13-25(22,24)29)17-26-30-15-5-14-27(3)4/h18-22,26,28-29H,5-17H2,1-4H3/t18-,19-,20+,21+,22-,23+,24-,25+/m1/s1. The van der Waals surface area contributed by atoms with Gasteiger partial charge in [0.05, 0.1) is 18.3 Å². The lowest BCUT2D eigenvalue weighted by atomic mass is 9.43. The van der Waals surface area contributed by atoms with Crippen LogP contribution in [0.15, 0.2) is 0 Å². The second-order valence-corrected chi connectivity index (χ2v) is 11.9. The summed E-state index contributed by atoms with van der Waals surface area (Å²) in [6.45, 7) is 7.49. The molecule has 4 fully saturated rings. The smallest absolute Gasteiger partial charge is 0.0735 e. The second-order valence-electron chi connectivity index (χ2n) is 11.9. The topological polar surface area (TPSA) is 65.0 Å². The van der Waals surface area contributed by atoms with Gasteiger partial charge in [-0.1, -0.05) is 13.8 Å². The molecule has 0 heterocycles. The maximum absolute atomic E-state index is 12.2. The Morgan fingerprint density at radius 2 is 1.80 bits per heavy atom. The Kier molecular flexibility index (Phi) is 6.61. The molecule has 0 amide bonds. The Hall–Kier alpha value is -0.200. The molecule has 4 saturated carbocycles. The maximum Gasteiger partial charge on any atom is 0.0735 e. The van der Waals surface area contributed by atoms with Gasteiger partial charge in [0, 0.05) is 12.0 Å². The third-order valence-electron chi connectivity index (χ3n) is 10.3. The van der Waals surface area contributed by atoms with Crippen molar-refractivity contribution in [2.24, 2.45) is 34.5 Å². The van der Waals surface area contributed by atoms with Crippen molar-refractivity contribution in [3.05, 3.63) is 0 Å². The SMILES string of the molecule is CN(C)CCCONC[C@H]1CC[C@]2(O)[C@@H]3CC[C@@H]4C[C@@H](O)CC[C@]4(C)[C@H]3CC[C@]12C. The van der Waals surface area contributed by atoms with Crippen LogP contribution < -0.4 is 5.48 Å². The minimum absolute atomic E-state index is 0.00839. The van der Waals surface area contributed by atoms with Gasteiger partial charge in [-0.05, 0) is 114 Å². The fourth-order valence-electron chi connectivity index (χ4n) is 8.33. The van der Waals surface area contributed by atoms with E-state index in [-0.39, 0.29) is 11.5 Å². The van der Waals surface area contributed by atoms with Gasteiger partial charge in [0.15, 0.2) is 0 Å². The van der Waals surface area contributed by atoms with Gasteiger partial charge in [0.1, 0.15) is 0 Å². The second kappa shape index (κ2) is 8.62. The van der Waals surface area contributed by atoms with Crippen molar-refractivity contribution < 1.29 is 15.1 Å². The largest absolute Gasteiger partial charge is 0.393 e. The molecule has 5 nitrogen and oxygen atoms in total. The number of aliphatic hydroxyl groups is 2. The zero-order chi connectivity index (χ0) is 21.6. The van der Waals surface area contributed by atoms with E-state index >= 15 is 0 Å². The maximum atomic E-state index is 12.2. The number of nitrogens with one attached hydrogen (secondary N) is 1. The average Bonchev–Trinajstić information content (AvgIpc) is 2.96. The van der Waals surface area contributed by atoms with E-state index in [0.29, 0.717) is 29.1 Å². The summed E-state index contributed by atoms with van der Waals surface area (Å²) in [4.78, 5) is 7.91. The van der Waals surface area contributed by atoms with Crippen molar-refractivity contribution in [2.45, 2.75) is 89.8 Å². The summed E-state index contributed by atoms with van der Waals surface area (Å²) in [5.41, 5.74) is 3.02. The van der Waals surface area contributed by atoms with Crippen LogP contribution in [0.2, 0.25) is 0 Å². The molecule has 0 aromatic carbocycles. The van der Waals surface area contributed by atoms with Gasteiger partial charge in [0.25, 0.3) is 0 Å². The molecule has 0 bridgehead atoms. The highest BCUT2D eigenvalue weighted by atomic mass is 16.6. The molecular formula is C25H46N2O3. The molecule has 3 N–H and O–H groups in total. The number of nitrogens with zero attached hydrogens (tertiary/aromatic N) is 1. The highest BCUT2D eigenvalue weighted by Crippen LogP contribution is 2.68. The zero-order valence-electron chi connectivity index (χ0n) is 19.8. The highest BCUT2D eigenvalue weighted by Gasteiger charge is 2.66. The molecule has 0 aromatic heterocycles. The lowest BCUT2D eigenvalue weighted by Crippen LogP contribution is -2.62. The molecule has 0 saturated heterocycles. The molecule has 5 heteroatoms. The van der Waals surface area contributed by atoms with Crippen LogP contribution in [-0.4, -0.2) is 60.6 Å². The first kappa shape index (κ1) is 23.0. The summed E-state index contributed by atoms with van der Waals surface area (Å²) >= 11 is 0. The third-order valence-corrected chi connectivity index (χ3v) is 10.3. The Labute approximate surface area is 183 Å². The van der Waals surface area contributed by atoms with E-state index in [2.05, 4.69) is 38.3 Å². The third kappa shape index (κ3) is 3.77. The first-order valence-corrected chi connectivity index (χ1v) is 12.6. The molecule has 4 aliphatic rings. The summed E-state index contributed by atoms with van der Waals surface area (Å²) in [5.74, 6) is 2.18. The van der Waals surface area contributed by atoms with Crippen LogP contribution in [0.1, 0.15) is 78.1 Å². The van der Waals surface area contributed by atoms with Crippen molar-refractivity contribution in [3.8, 4) is 0 Å². The van der Waals surface area contributed by atoms with E-state index in [4.69, 9.17) is 4.84 Å². The highest BCUT2D eigenvalue weighted by molar-refractivity contribution is 5.16. The predicted molar refractivity (Wildman–Crippen MR) is 120 cm³/mol. The van der Waals surface area contributed by atoms with Gasteiger partial charge < -0.3 is 20.0 Å². The van der Waals surface area contributed by atoms with E-state index in [1.807, 2.05) is 0 Å². The number of fused-ring (bicyclic) bond motifs is 5. The van der Waals surface area contributed by atoms with E-state index in [1.165, 1.54) is 12.8 Å². The van der Waals surface area contributed by atoms with Crippen LogP contribution in [-0.2, 0) is 4.84 Å². The minimum atomic E-state index is -0.531. The summed E-state index contributed by atoms with van der Waals surface area (Å²) in [7, 11) is 4.18. The molecule has 0 aromatic rings. The van der Waals surface area contributed by atoms with Crippen LogP contribution in [0.4, 0.5) is 0 Å². The first-order chi connectivity index (χ1) is 14.2. The normalized spacial score (nSPS) is 48.3. The molecular weight excluding hydrogens is 376 g/mol. The number of rotatable bonds is 7. The van der Waals surface area contributed by atoms with Crippen molar-refractivity contribution in [1.29, 1.82) is 0 Å². The van der Waals surface area contributed by atoms with E-state index in [0.717, 1.165) is 71.1 Å². The number of hydroxylamine groups is 1. The lowest BCUT2D eigenvalue weighted by Gasteiger charge is -2.63. The Bertz CT molecular complexity index is 601. The molecule has 30 heavy (non-hydrogen) atoms. The Morgan fingerprint density at radius 3 is 2.57 bits per heavy atom. The Balaban J connectivity index is 1.39. The number of hydrogen-bond donors (Lipinski definition) is 3. The van der Waals surface area contributed by atoms with Gasteiger partial charge in [0.2, 0.25) is 0 Å². The molecule has 0 spiro atoms. The van der Waals surface area contributed by atoms with Crippen molar-refractivity contribution in [3.63, 3.8) is 0 Å². The van der Waals surface area contributed by atoms with Crippen LogP contribution >= 0.6 is 0 Å². The Morgan fingerprint density at radius 1 is 1.00 bits per heavy atom. The van der Waals surface area contributed by atoms with Crippen molar-refractivity contribution in [2.75, 3.05) is 33.8 Å². The lowest BCUT2D eigenvalue weighted by molar-refractivity contribution is -0.211. The number of hydrogen-bond acceptors (Lipinski definition) is 5. The van der Waals surface area contributed by atoms with Gasteiger partial charge in [-0.2, -0.15) is 0 Å². The fourth-order valence-corrected chi connectivity index (χ4v) is 8.33. The van der Waals surface area contributed by atoms with E-state index in [9.17, 15) is 10.2 Å². The summed E-state index contributed by atoms with van der Waals surface area (Å²) in [5, 5.41) is 22.4. The fraction of sp³-hybridized carbons (Fsp3) is 1.00. The van der Waals surface area contributed by atoms with Crippen molar-refractivity contribution >= 4 is 0 Å². The predicted octanol–water partition coefficient (Wildman–Crippen LogP) is 3.59. The van der Waals surface area contributed by atoms with Gasteiger partial charge in [-0.15, -0.1) is 0 Å². The molecule has 4 aliphatic carbocycles. The minimum Gasteiger partial charge on any atom is -0.393 e. The average molecular weight is 423 g/mol. The number of aliphatic hydroxyl groups excluding tert-OH is 1. The van der Waals surface area contributed by atoms with Gasteiger partial charge in [-0.25, -0.2) is 5.48 Å². The summed E-state index contributed by atoms with van der Waals surface area (Å²) in [6, 6.07) is 0. The van der Waals surface area contributed by atoms with Crippen LogP contribution in [0.25, 0.3) is 0 Å². The molecule has 0 radical (unpaired) electrons.